The van der Waals surface area contributed by atoms with Gasteiger partial charge < -0.3 is 15.5 Å². The van der Waals surface area contributed by atoms with Gasteiger partial charge in [0.2, 0.25) is 0 Å². The molecule has 0 aliphatic carbocycles. The number of benzene rings is 2. The highest BCUT2D eigenvalue weighted by molar-refractivity contribution is 7.99. The second-order valence-electron chi connectivity index (χ2n) is 4.63. The van der Waals surface area contributed by atoms with Crippen LogP contribution < -0.4 is 5.32 Å². The molecule has 0 unspecified atom stereocenters. The van der Waals surface area contributed by atoms with Crippen LogP contribution in [0.15, 0.2) is 36.4 Å². The SMILES string of the molecule is O=C(NCCSCCCO)c1ccc2ccccc2c1O. The van der Waals surface area contributed by atoms with E-state index in [-0.39, 0.29) is 18.3 Å². The Balaban J connectivity index is 1.95. The van der Waals surface area contributed by atoms with E-state index in [1.807, 2.05) is 24.3 Å². The lowest BCUT2D eigenvalue weighted by Gasteiger charge is -2.09. The van der Waals surface area contributed by atoms with Crippen molar-refractivity contribution in [2.75, 3.05) is 24.7 Å². The zero-order valence-electron chi connectivity index (χ0n) is 11.7. The molecule has 0 radical (unpaired) electrons. The van der Waals surface area contributed by atoms with Crippen LogP contribution >= 0.6 is 11.8 Å². The van der Waals surface area contributed by atoms with E-state index < -0.39 is 0 Å². The summed E-state index contributed by atoms with van der Waals surface area (Å²) in [6, 6.07) is 10.9. The number of thioether (sulfide) groups is 1. The molecule has 0 fully saturated rings. The van der Waals surface area contributed by atoms with Gasteiger partial charge in [-0.15, -0.1) is 0 Å². The predicted octanol–water partition coefficient (Wildman–Crippen LogP) is 2.39. The number of aromatic hydroxyl groups is 1. The third-order valence-electron chi connectivity index (χ3n) is 3.12. The number of nitrogens with one attached hydrogen (secondary N) is 1. The number of amides is 1. The van der Waals surface area contributed by atoms with Crippen LogP contribution in [0.25, 0.3) is 10.8 Å². The van der Waals surface area contributed by atoms with Crippen molar-refractivity contribution in [3.63, 3.8) is 0 Å². The van der Waals surface area contributed by atoms with Crippen molar-refractivity contribution in [3.05, 3.63) is 42.0 Å². The number of phenolic OH excluding ortho intramolecular Hbond substituents is 1. The topological polar surface area (TPSA) is 69.6 Å². The fourth-order valence-electron chi connectivity index (χ4n) is 2.04. The maximum atomic E-state index is 12.1. The standard InChI is InChI=1S/C16H19NO3S/c18-9-3-10-21-11-8-17-16(20)14-7-6-12-4-1-2-5-13(12)15(14)19/h1-2,4-7,18-19H,3,8-11H2,(H,17,20). The van der Waals surface area contributed by atoms with Gasteiger partial charge in [0.1, 0.15) is 5.75 Å². The van der Waals surface area contributed by atoms with Gasteiger partial charge in [0.15, 0.2) is 0 Å². The molecule has 0 aromatic heterocycles. The Labute approximate surface area is 128 Å². The summed E-state index contributed by atoms with van der Waals surface area (Å²) in [5.41, 5.74) is 0.300. The molecule has 0 aliphatic heterocycles. The smallest absolute Gasteiger partial charge is 0.255 e. The first-order valence-corrected chi connectivity index (χ1v) is 8.07. The number of carbonyl (C=O) groups excluding carboxylic acids is 1. The Kier molecular flexibility index (Phi) is 5.90. The summed E-state index contributed by atoms with van der Waals surface area (Å²) >= 11 is 1.68. The lowest BCUT2D eigenvalue weighted by atomic mass is 10.0. The van der Waals surface area contributed by atoms with Gasteiger partial charge >= 0.3 is 0 Å². The summed E-state index contributed by atoms with van der Waals surface area (Å²) in [5, 5.41) is 23.3. The predicted molar refractivity (Wildman–Crippen MR) is 87.0 cm³/mol. The van der Waals surface area contributed by atoms with E-state index in [1.54, 1.807) is 23.9 Å². The molecule has 0 saturated carbocycles. The van der Waals surface area contributed by atoms with Crippen molar-refractivity contribution in [2.45, 2.75) is 6.42 Å². The van der Waals surface area contributed by atoms with E-state index in [0.29, 0.717) is 17.5 Å². The van der Waals surface area contributed by atoms with Crippen LogP contribution in [0.5, 0.6) is 5.75 Å². The number of fused-ring (bicyclic) bond motifs is 1. The molecule has 0 saturated heterocycles. The van der Waals surface area contributed by atoms with Crippen LogP contribution in [0.2, 0.25) is 0 Å². The molecule has 0 spiro atoms. The average Bonchev–Trinajstić information content (AvgIpc) is 2.51. The molecule has 2 aromatic rings. The summed E-state index contributed by atoms with van der Waals surface area (Å²) in [6.45, 7) is 0.742. The average molecular weight is 305 g/mol. The summed E-state index contributed by atoms with van der Waals surface area (Å²) < 4.78 is 0. The van der Waals surface area contributed by atoms with Crippen molar-refractivity contribution in [1.82, 2.24) is 5.32 Å². The van der Waals surface area contributed by atoms with Crippen LogP contribution in [-0.4, -0.2) is 40.8 Å². The van der Waals surface area contributed by atoms with Gasteiger partial charge in [-0.2, -0.15) is 11.8 Å². The van der Waals surface area contributed by atoms with Gasteiger partial charge in [0, 0.05) is 24.3 Å². The molecular formula is C16H19NO3S. The summed E-state index contributed by atoms with van der Waals surface area (Å²) in [5.74, 6) is 1.44. The normalized spacial score (nSPS) is 10.7. The Morgan fingerprint density at radius 3 is 2.76 bits per heavy atom. The molecule has 0 atom stereocenters. The molecule has 0 heterocycles. The maximum Gasteiger partial charge on any atom is 0.255 e. The third-order valence-corrected chi connectivity index (χ3v) is 4.19. The fourth-order valence-corrected chi connectivity index (χ4v) is 2.82. The molecular weight excluding hydrogens is 286 g/mol. The number of phenols is 1. The second kappa shape index (κ2) is 7.90. The number of carbonyl (C=O) groups is 1. The molecule has 2 rings (SSSR count). The van der Waals surface area contributed by atoms with Crippen LogP contribution in [-0.2, 0) is 0 Å². The Hall–Kier alpha value is -1.72. The van der Waals surface area contributed by atoms with E-state index in [9.17, 15) is 9.90 Å². The minimum atomic E-state index is -0.263. The van der Waals surface area contributed by atoms with E-state index in [2.05, 4.69) is 5.32 Å². The summed E-state index contributed by atoms with van der Waals surface area (Å²) in [6.07, 6.45) is 0.768. The van der Waals surface area contributed by atoms with Crippen molar-refractivity contribution < 1.29 is 15.0 Å². The van der Waals surface area contributed by atoms with Crippen LogP contribution in [0.4, 0.5) is 0 Å². The number of hydrogen-bond acceptors (Lipinski definition) is 4. The highest BCUT2D eigenvalue weighted by Gasteiger charge is 2.12. The number of rotatable bonds is 7. The zero-order valence-corrected chi connectivity index (χ0v) is 12.5. The largest absolute Gasteiger partial charge is 0.506 e. The van der Waals surface area contributed by atoms with Crippen LogP contribution in [0.3, 0.4) is 0 Å². The highest BCUT2D eigenvalue weighted by atomic mass is 32.2. The number of hydrogen-bond donors (Lipinski definition) is 3. The number of aliphatic hydroxyl groups excluding tert-OH is 1. The Morgan fingerprint density at radius 1 is 1.14 bits per heavy atom. The highest BCUT2D eigenvalue weighted by Crippen LogP contribution is 2.28. The molecule has 0 bridgehead atoms. The lowest BCUT2D eigenvalue weighted by molar-refractivity contribution is 0.0954. The molecule has 1 amide bonds. The Morgan fingerprint density at radius 2 is 1.95 bits per heavy atom. The van der Waals surface area contributed by atoms with Crippen molar-refractivity contribution >= 4 is 28.4 Å². The van der Waals surface area contributed by atoms with Crippen molar-refractivity contribution in [2.24, 2.45) is 0 Å². The van der Waals surface area contributed by atoms with Gasteiger partial charge in [0.25, 0.3) is 5.91 Å². The number of aliphatic hydroxyl groups is 1. The summed E-state index contributed by atoms with van der Waals surface area (Å²) in [7, 11) is 0. The van der Waals surface area contributed by atoms with Gasteiger partial charge in [-0.05, 0) is 23.6 Å². The first kappa shape index (κ1) is 15.7. The first-order chi connectivity index (χ1) is 10.2. The van der Waals surface area contributed by atoms with Gasteiger partial charge in [-0.25, -0.2) is 0 Å². The van der Waals surface area contributed by atoms with Gasteiger partial charge in [-0.3, -0.25) is 4.79 Å². The quantitative estimate of drug-likeness (QED) is 0.687. The molecule has 112 valence electrons. The van der Waals surface area contributed by atoms with Crippen LogP contribution in [0, 0.1) is 0 Å². The van der Waals surface area contributed by atoms with Crippen LogP contribution in [0.1, 0.15) is 16.8 Å². The molecule has 4 nitrogen and oxygen atoms in total. The van der Waals surface area contributed by atoms with Gasteiger partial charge in [-0.1, -0.05) is 30.3 Å². The minimum Gasteiger partial charge on any atom is -0.506 e. The molecule has 0 aliphatic rings. The molecule has 21 heavy (non-hydrogen) atoms. The first-order valence-electron chi connectivity index (χ1n) is 6.91. The van der Waals surface area contributed by atoms with Crippen molar-refractivity contribution in [3.8, 4) is 5.75 Å². The minimum absolute atomic E-state index is 0.0264. The monoisotopic (exact) mass is 305 g/mol. The van der Waals surface area contributed by atoms with E-state index in [4.69, 9.17) is 5.11 Å². The van der Waals surface area contributed by atoms with E-state index >= 15 is 0 Å². The maximum absolute atomic E-state index is 12.1. The third kappa shape index (κ3) is 4.12. The van der Waals surface area contributed by atoms with E-state index in [0.717, 1.165) is 23.3 Å². The zero-order chi connectivity index (χ0) is 15.1. The molecule has 2 aromatic carbocycles. The van der Waals surface area contributed by atoms with Gasteiger partial charge in [0.05, 0.1) is 5.56 Å². The Bertz CT molecular complexity index is 615. The lowest BCUT2D eigenvalue weighted by Crippen LogP contribution is -2.25. The molecule has 5 heteroatoms. The van der Waals surface area contributed by atoms with E-state index in [1.165, 1.54) is 0 Å². The van der Waals surface area contributed by atoms with Crippen molar-refractivity contribution in [1.29, 1.82) is 0 Å². The fraction of sp³-hybridized carbons (Fsp3) is 0.312. The summed E-state index contributed by atoms with van der Waals surface area (Å²) in [4.78, 5) is 12.1. The molecule has 3 N–H and O–H groups in total. The second-order valence-corrected chi connectivity index (χ2v) is 5.85.